The monoisotopic (exact) mass is 341 g/mol. The highest BCUT2D eigenvalue weighted by Gasteiger charge is 2.15. The van der Waals surface area contributed by atoms with E-state index < -0.39 is 0 Å². The van der Waals surface area contributed by atoms with Crippen LogP contribution in [-0.4, -0.2) is 11.9 Å². The molecule has 0 radical (unpaired) electrons. The molecule has 3 nitrogen and oxygen atoms in total. The minimum absolute atomic E-state index is 0.0193. The summed E-state index contributed by atoms with van der Waals surface area (Å²) in [7, 11) is 0. The van der Waals surface area contributed by atoms with E-state index in [-0.39, 0.29) is 11.9 Å². The number of carbonyl (C=O) groups excluding carboxylic acids is 1. The Morgan fingerprint density at radius 3 is 2.79 bits per heavy atom. The molecule has 0 bridgehead atoms. The van der Waals surface area contributed by atoms with Crippen molar-refractivity contribution in [1.82, 2.24) is 5.32 Å². The molecule has 1 aromatic carbocycles. The van der Waals surface area contributed by atoms with Gasteiger partial charge in [0.05, 0.1) is 11.8 Å². The molecule has 1 atom stereocenters. The predicted molar refractivity (Wildman–Crippen MR) is 78.5 cm³/mol. The molecule has 2 rings (SSSR count). The molecule has 0 fully saturated rings. The van der Waals surface area contributed by atoms with Crippen molar-refractivity contribution in [2.45, 2.75) is 19.4 Å². The standard InChI is InChI=1S/C14H13BrClNO2/c1-9(8-10-4-2-3-5-12(10)16)17-14(18)11-6-7-19-13(11)15/h2-7,9H,8H2,1H3,(H,17,18). The van der Waals surface area contributed by atoms with E-state index in [4.69, 9.17) is 16.0 Å². The van der Waals surface area contributed by atoms with E-state index in [1.54, 1.807) is 6.07 Å². The molecular weight excluding hydrogens is 330 g/mol. The van der Waals surface area contributed by atoms with Crippen molar-refractivity contribution >= 4 is 33.4 Å². The summed E-state index contributed by atoms with van der Waals surface area (Å²) in [6.45, 7) is 1.94. The van der Waals surface area contributed by atoms with E-state index in [0.717, 1.165) is 5.56 Å². The van der Waals surface area contributed by atoms with Crippen LogP contribution in [0.4, 0.5) is 0 Å². The van der Waals surface area contributed by atoms with Gasteiger partial charge < -0.3 is 9.73 Å². The lowest BCUT2D eigenvalue weighted by Crippen LogP contribution is -2.34. The van der Waals surface area contributed by atoms with Crippen molar-refractivity contribution in [3.63, 3.8) is 0 Å². The summed E-state index contributed by atoms with van der Waals surface area (Å²) in [6, 6.07) is 9.23. The van der Waals surface area contributed by atoms with Gasteiger partial charge in [-0.2, -0.15) is 0 Å². The summed E-state index contributed by atoms with van der Waals surface area (Å²) < 4.78 is 5.48. The fourth-order valence-electron chi connectivity index (χ4n) is 1.80. The summed E-state index contributed by atoms with van der Waals surface area (Å²) >= 11 is 9.28. The molecule has 0 saturated heterocycles. The van der Waals surface area contributed by atoms with Gasteiger partial charge in [0.15, 0.2) is 4.67 Å². The first-order valence-electron chi connectivity index (χ1n) is 5.85. The third-order valence-corrected chi connectivity index (χ3v) is 3.71. The maximum atomic E-state index is 12.0. The van der Waals surface area contributed by atoms with E-state index in [1.807, 2.05) is 31.2 Å². The van der Waals surface area contributed by atoms with Crippen LogP contribution in [0.2, 0.25) is 5.02 Å². The van der Waals surface area contributed by atoms with Gasteiger partial charge in [0.1, 0.15) is 0 Å². The van der Waals surface area contributed by atoms with Gasteiger partial charge in [-0.25, -0.2) is 0 Å². The molecule has 1 amide bonds. The van der Waals surface area contributed by atoms with E-state index >= 15 is 0 Å². The summed E-state index contributed by atoms with van der Waals surface area (Å²) in [5, 5.41) is 3.63. The molecule has 0 aliphatic carbocycles. The number of carbonyl (C=O) groups is 1. The van der Waals surface area contributed by atoms with E-state index in [2.05, 4.69) is 21.2 Å². The Morgan fingerprint density at radius 1 is 1.42 bits per heavy atom. The van der Waals surface area contributed by atoms with Crippen molar-refractivity contribution in [1.29, 1.82) is 0 Å². The number of amides is 1. The van der Waals surface area contributed by atoms with Crippen LogP contribution < -0.4 is 5.32 Å². The predicted octanol–water partition coefficient (Wildman–Crippen LogP) is 4.06. The average molecular weight is 343 g/mol. The summed E-state index contributed by atoms with van der Waals surface area (Å²) in [5.41, 5.74) is 1.51. The van der Waals surface area contributed by atoms with Gasteiger partial charge in [0, 0.05) is 11.1 Å². The summed E-state index contributed by atoms with van der Waals surface area (Å²) in [5.74, 6) is -0.167. The first kappa shape index (κ1) is 14.2. The van der Waals surface area contributed by atoms with Crippen molar-refractivity contribution in [2.24, 2.45) is 0 Å². The zero-order valence-corrected chi connectivity index (χ0v) is 12.7. The average Bonchev–Trinajstić information content (AvgIpc) is 2.78. The number of furan rings is 1. The van der Waals surface area contributed by atoms with Gasteiger partial charge in [-0.1, -0.05) is 29.8 Å². The number of hydrogen-bond donors (Lipinski definition) is 1. The molecule has 1 aromatic heterocycles. The molecule has 0 saturated carbocycles. The van der Waals surface area contributed by atoms with Crippen LogP contribution in [0.5, 0.6) is 0 Å². The van der Waals surface area contributed by atoms with Gasteiger partial charge >= 0.3 is 0 Å². The van der Waals surface area contributed by atoms with Crippen LogP contribution in [0.15, 0.2) is 45.7 Å². The molecule has 1 unspecified atom stereocenters. The zero-order valence-electron chi connectivity index (χ0n) is 10.3. The maximum absolute atomic E-state index is 12.0. The minimum atomic E-state index is -0.167. The first-order valence-corrected chi connectivity index (χ1v) is 7.02. The Kier molecular flexibility index (Phi) is 4.66. The van der Waals surface area contributed by atoms with Gasteiger partial charge in [-0.3, -0.25) is 4.79 Å². The van der Waals surface area contributed by atoms with E-state index in [0.29, 0.717) is 21.7 Å². The molecule has 100 valence electrons. The van der Waals surface area contributed by atoms with Crippen molar-refractivity contribution < 1.29 is 9.21 Å². The Morgan fingerprint density at radius 2 is 2.16 bits per heavy atom. The molecule has 1 heterocycles. The lowest BCUT2D eigenvalue weighted by atomic mass is 10.1. The molecule has 0 spiro atoms. The topological polar surface area (TPSA) is 42.2 Å². The van der Waals surface area contributed by atoms with Gasteiger partial charge in [-0.15, -0.1) is 0 Å². The van der Waals surface area contributed by atoms with E-state index in [1.165, 1.54) is 6.26 Å². The second kappa shape index (κ2) is 6.26. The molecule has 0 aliphatic heterocycles. The fraction of sp³-hybridized carbons (Fsp3) is 0.214. The van der Waals surface area contributed by atoms with Crippen LogP contribution >= 0.6 is 27.5 Å². The maximum Gasteiger partial charge on any atom is 0.255 e. The van der Waals surface area contributed by atoms with Gasteiger partial charge in [0.25, 0.3) is 5.91 Å². The van der Waals surface area contributed by atoms with Crippen molar-refractivity contribution in [3.8, 4) is 0 Å². The Labute approximate surface area is 125 Å². The third-order valence-electron chi connectivity index (χ3n) is 2.72. The third kappa shape index (κ3) is 3.61. The lowest BCUT2D eigenvalue weighted by molar-refractivity contribution is 0.0938. The molecule has 1 N–H and O–H groups in total. The normalized spacial score (nSPS) is 12.2. The number of rotatable bonds is 4. The number of benzene rings is 1. The van der Waals surface area contributed by atoms with Gasteiger partial charge in [0.2, 0.25) is 0 Å². The van der Waals surface area contributed by atoms with E-state index in [9.17, 15) is 4.79 Å². The zero-order chi connectivity index (χ0) is 13.8. The Balaban J connectivity index is 1.99. The highest BCUT2D eigenvalue weighted by molar-refractivity contribution is 9.10. The van der Waals surface area contributed by atoms with Crippen LogP contribution in [0.3, 0.4) is 0 Å². The Hall–Kier alpha value is -1.26. The molecule has 19 heavy (non-hydrogen) atoms. The first-order chi connectivity index (χ1) is 9.08. The summed E-state index contributed by atoms with van der Waals surface area (Å²) in [4.78, 5) is 12.0. The highest BCUT2D eigenvalue weighted by atomic mass is 79.9. The summed E-state index contributed by atoms with van der Waals surface area (Å²) in [6.07, 6.45) is 2.15. The van der Waals surface area contributed by atoms with Crippen molar-refractivity contribution in [2.75, 3.05) is 0 Å². The number of nitrogens with one attached hydrogen (secondary N) is 1. The quantitative estimate of drug-likeness (QED) is 0.910. The molecule has 2 aromatic rings. The highest BCUT2D eigenvalue weighted by Crippen LogP contribution is 2.19. The number of hydrogen-bond acceptors (Lipinski definition) is 2. The van der Waals surface area contributed by atoms with Crippen LogP contribution in [0.25, 0.3) is 0 Å². The van der Waals surface area contributed by atoms with Crippen LogP contribution in [0, 0.1) is 0 Å². The van der Waals surface area contributed by atoms with Gasteiger partial charge in [-0.05, 0) is 47.0 Å². The van der Waals surface area contributed by atoms with Crippen LogP contribution in [0.1, 0.15) is 22.8 Å². The Bertz CT molecular complexity index is 582. The fourth-order valence-corrected chi connectivity index (χ4v) is 2.44. The lowest BCUT2D eigenvalue weighted by Gasteiger charge is -2.14. The smallest absolute Gasteiger partial charge is 0.255 e. The second-order valence-electron chi connectivity index (χ2n) is 4.28. The SMILES string of the molecule is CC(Cc1ccccc1Cl)NC(=O)c1ccoc1Br. The molecular formula is C14H13BrClNO2. The largest absolute Gasteiger partial charge is 0.457 e. The molecule has 0 aliphatic rings. The van der Waals surface area contributed by atoms with Crippen molar-refractivity contribution in [3.05, 3.63) is 57.4 Å². The number of halogens is 2. The molecule has 5 heteroatoms. The van der Waals surface area contributed by atoms with Crippen LogP contribution in [-0.2, 0) is 6.42 Å². The second-order valence-corrected chi connectivity index (χ2v) is 5.41. The minimum Gasteiger partial charge on any atom is -0.457 e.